The van der Waals surface area contributed by atoms with Crippen LogP contribution in [0, 0.1) is 11.8 Å². The Kier molecular flexibility index (Phi) is 4.37. The highest BCUT2D eigenvalue weighted by molar-refractivity contribution is 5.85. The van der Waals surface area contributed by atoms with Gasteiger partial charge in [0, 0.05) is 32.1 Å². The third kappa shape index (κ3) is 2.44. The first-order valence-corrected chi connectivity index (χ1v) is 5.45. The lowest BCUT2D eigenvalue weighted by Gasteiger charge is -2.18. The van der Waals surface area contributed by atoms with Gasteiger partial charge in [-0.1, -0.05) is 0 Å². The normalized spacial score (nSPS) is 33.7. The second-order valence-corrected chi connectivity index (χ2v) is 4.50. The van der Waals surface area contributed by atoms with E-state index in [1.807, 2.05) is 4.90 Å². The fourth-order valence-corrected chi connectivity index (χ4v) is 2.79. The molecular formula is C10H20ClN3O. The van der Waals surface area contributed by atoms with Gasteiger partial charge in [-0.2, -0.15) is 0 Å². The van der Waals surface area contributed by atoms with E-state index in [1.54, 1.807) is 0 Å². The van der Waals surface area contributed by atoms with E-state index < -0.39 is 0 Å². The number of amides is 1. The monoisotopic (exact) mass is 233 g/mol. The molecule has 0 aromatic rings. The highest BCUT2D eigenvalue weighted by Crippen LogP contribution is 2.37. The fourth-order valence-electron chi connectivity index (χ4n) is 2.79. The van der Waals surface area contributed by atoms with Crippen molar-refractivity contribution >= 4 is 18.3 Å². The Morgan fingerprint density at radius 1 is 1.33 bits per heavy atom. The van der Waals surface area contributed by atoms with Crippen molar-refractivity contribution in [1.82, 2.24) is 4.90 Å². The van der Waals surface area contributed by atoms with Crippen molar-refractivity contribution in [3.8, 4) is 0 Å². The van der Waals surface area contributed by atoms with Gasteiger partial charge in [-0.05, 0) is 24.7 Å². The predicted molar refractivity (Wildman–Crippen MR) is 61.7 cm³/mol. The molecule has 0 radical (unpaired) electrons. The van der Waals surface area contributed by atoms with Gasteiger partial charge in [0.1, 0.15) is 0 Å². The van der Waals surface area contributed by atoms with E-state index in [2.05, 4.69) is 0 Å². The van der Waals surface area contributed by atoms with Crippen LogP contribution < -0.4 is 11.5 Å². The zero-order valence-electron chi connectivity index (χ0n) is 8.89. The number of nitrogens with two attached hydrogens (primary N) is 2. The smallest absolute Gasteiger partial charge is 0.223 e. The molecule has 3 atom stereocenters. The van der Waals surface area contributed by atoms with Gasteiger partial charge in [-0.3, -0.25) is 4.79 Å². The van der Waals surface area contributed by atoms with Gasteiger partial charge in [0.25, 0.3) is 0 Å². The van der Waals surface area contributed by atoms with Gasteiger partial charge in [0.15, 0.2) is 0 Å². The molecule has 15 heavy (non-hydrogen) atoms. The summed E-state index contributed by atoms with van der Waals surface area (Å²) in [5.74, 6) is 1.41. The summed E-state index contributed by atoms with van der Waals surface area (Å²) in [6.07, 6.45) is 2.81. The molecule has 0 aromatic carbocycles. The highest BCUT2D eigenvalue weighted by Gasteiger charge is 2.42. The van der Waals surface area contributed by atoms with Crippen LogP contribution in [-0.4, -0.2) is 36.5 Å². The van der Waals surface area contributed by atoms with Crippen molar-refractivity contribution in [1.29, 1.82) is 0 Å². The lowest BCUT2D eigenvalue weighted by Crippen LogP contribution is -2.34. The van der Waals surface area contributed by atoms with E-state index in [1.165, 1.54) is 6.42 Å². The van der Waals surface area contributed by atoms with Crippen LogP contribution in [0.2, 0.25) is 0 Å². The summed E-state index contributed by atoms with van der Waals surface area (Å²) in [4.78, 5) is 13.5. The van der Waals surface area contributed by atoms with Crippen LogP contribution in [0.1, 0.15) is 19.3 Å². The van der Waals surface area contributed by atoms with E-state index in [4.69, 9.17) is 11.5 Å². The molecule has 1 aliphatic carbocycles. The number of carbonyl (C=O) groups is 1. The third-order valence-electron chi connectivity index (χ3n) is 3.62. The first-order chi connectivity index (χ1) is 6.72. The summed E-state index contributed by atoms with van der Waals surface area (Å²) in [7, 11) is 0. The van der Waals surface area contributed by atoms with E-state index in [0.29, 0.717) is 30.8 Å². The Morgan fingerprint density at radius 2 is 2.07 bits per heavy atom. The molecule has 2 aliphatic rings. The average molecular weight is 234 g/mol. The quantitative estimate of drug-likeness (QED) is 0.703. The van der Waals surface area contributed by atoms with E-state index in [9.17, 15) is 4.79 Å². The van der Waals surface area contributed by atoms with Crippen molar-refractivity contribution < 1.29 is 4.79 Å². The SMILES string of the molecule is Cl.NCCC(=O)N1C[C@@H]2CCC(N)[C@@H]2C1. The summed E-state index contributed by atoms with van der Waals surface area (Å²) in [5, 5.41) is 0. The number of halogens is 1. The van der Waals surface area contributed by atoms with Gasteiger partial charge in [-0.15, -0.1) is 12.4 Å². The first kappa shape index (κ1) is 12.7. The molecule has 1 amide bonds. The third-order valence-corrected chi connectivity index (χ3v) is 3.62. The number of fused-ring (bicyclic) bond motifs is 1. The van der Waals surface area contributed by atoms with Crippen LogP contribution in [-0.2, 0) is 4.79 Å². The molecule has 1 saturated carbocycles. The lowest BCUT2D eigenvalue weighted by molar-refractivity contribution is -0.130. The van der Waals surface area contributed by atoms with Crippen LogP contribution in [0.15, 0.2) is 0 Å². The minimum absolute atomic E-state index is 0. The Bertz CT molecular complexity index is 237. The summed E-state index contributed by atoms with van der Waals surface area (Å²) in [6, 6.07) is 0.315. The van der Waals surface area contributed by atoms with Crippen LogP contribution >= 0.6 is 12.4 Å². The van der Waals surface area contributed by atoms with Crippen molar-refractivity contribution in [3.63, 3.8) is 0 Å². The number of carbonyl (C=O) groups excluding carboxylic acids is 1. The van der Waals surface area contributed by atoms with Crippen LogP contribution in [0.5, 0.6) is 0 Å². The van der Waals surface area contributed by atoms with Crippen molar-refractivity contribution in [3.05, 3.63) is 0 Å². The molecule has 0 aromatic heterocycles. The molecule has 1 aliphatic heterocycles. The maximum atomic E-state index is 11.6. The maximum absolute atomic E-state index is 11.6. The first-order valence-electron chi connectivity index (χ1n) is 5.45. The topological polar surface area (TPSA) is 72.4 Å². The minimum atomic E-state index is 0. The van der Waals surface area contributed by atoms with Crippen LogP contribution in [0.25, 0.3) is 0 Å². The summed E-state index contributed by atoms with van der Waals surface area (Å²) >= 11 is 0. The lowest BCUT2D eigenvalue weighted by atomic mass is 9.98. The number of rotatable bonds is 2. The number of nitrogens with zero attached hydrogens (tertiary/aromatic N) is 1. The number of hydrogen-bond donors (Lipinski definition) is 2. The molecule has 1 unspecified atom stereocenters. The summed E-state index contributed by atoms with van der Waals surface area (Å²) < 4.78 is 0. The fraction of sp³-hybridized carbons (Fsp3) is 0.900. The number of hydrogen-bond acceptors (Lipinski definition) is 3. The van der Waals surface area contributed by atoms with Gasteiger partial charge < -0.3 is 16.4 Å². The van der Waals surface area contributed by atoms with E-state index in [0.717, 1.165) is 19.5 Å². The Balaban J connectivity index is 0.00000112. The van der Waals surface area contributed by atoms with Gasteiger partial charge in [-0.25, -0.2) is 0 Å². The average Bonchev–Trinajstić information content (AvgIpc) is 2.69. The van der Waals surface area contributed by atoms with Crippen molar-refractivity contribution in [2.75, 3.05) is 19.6 Å². The van der Waals surface area contributed by atoms with Gasteiger partial charge in [0.2, 0.25) is 5.91 Å². The van der Waals surface area contributed by atoms with E-state index in [-0.39, 0.29) is 18.3 Å². The zero-order valence-corrected chi connectivity index (χ0v) is 9.71. The maximum Gasteiger partial charge on any atom is 0.223 e. The van der Waals surface area contributed by atoms with Gasteiger partial charge in [0.05, 0.1) is 0 Å². The van der Waals surface area contributed by atoms with Gasteiger partial charge >= 0.3 is 0 Å². The van der Waals surface area contributed by atoms with Crippen molar-refractivity contribution in [2.45, 2.75) is 25.3 Å². The highest BCUT2D eigenvalue weighted by atomic mass is 35.5. The van der Waals surface area contributed by atoms with E-state index >= 15 is 0 Å². The van der Waals surface area contributed by atoms with Crippen LogP contribution in [0.3, 0.4) is 0 Å². The predicted octanol–water partition coefficient (Wildman–Crippen LogP) is -0.0473. The molecule has 2 fully saturated rings. The molecule has 0 bridgehead atoms. The second-order valence-electron chi connectivity index (χ2n) is 4.50. The minimum Gasteiger partial charge on any atom is -0.342 e. The largest absolute Gasteiger partial charge is 0.342 e. The Morgan fingerprint density at radius 3 is 2.67 bits per heavy atom. The standard InChI is InChI=1S/C10H19N3O.ClH/c11-4-3-10(14)13-5-7-1-2-9(12)8(7)6-13;/h7-9H,1-6,11-12H2;1H/t7-,8+,9?;/m0./s1. The molecule has 1 saturated heterocycles. The molecule has 1 heterocycles. The Hall–Kier alpha value is -0.320. The second kappa shape index (κ2) is 5.14. The molecule has 5 heteroatoms. The molecule has 0 spiro atoms. The molecule has 4 N–H and O–H groups in total. The summed E-state index contributed by atoms with van der Waals surface area (Å²) in [5.41, 5.74) is 11.4. The summed E-state index contributed by atoms with van der Waals surface area (Å²) in [6.45, 7) is 2.23. The number of likely N-dealkylation sites (tertiary alicyclic amines) is 1. The zero-order chi connectivity index (χ0) is 10.1. The van der Waals surface area contributed by atoms with Crippen molar-refractivity contribution in [2.24, 2.45) is 23.3 Å². The molecular weight excluding hydrogens is 214 g/mol. The molecule has 4 nitrogen and oxygen atoms in total. The molecule has 2 rings (SSSR count). The van der Waals surface area contributed by atoms with Crippen LogP contribution in [0.4, 0.5) is 0 Å². The molecule has 88 valence electrons. The Labute approximate surface area is 96.8 Å².